The Morgan fingerprint density at radius 2 is 1.76 bits per heavy atom. The van der Waals surface area contributed by atoms with E-state index in [9.17, 15) is 19.5 Å². The summed E-state index contributed by atoms with van der Waals surface area (Å²) in [5.74, 6) is 0.139. The Morgan fingerprint density at radius 1 is 0.947 bits per heavy atom. The maximum atomic E-state index is 13.0. The fourth-order valence-corrected chi connectivity index (χ4v) is 5.77. The van der Waals surface area contributed by atoms with E-state index >= 15 is 0 Å². The van der Waals surface area contributed by atoms with Crippen molar-refractivity contribution in [1.82, 2.24) is 10.2 Å². The summed E-state index contributed by atoms with van der Waals surface area (Å²) in [7, 11) is 0. The van der Waals surface area contributed by atoms with Gasteiger partial charge in [-0.25, -0.2) is 4.79 Å². The molecule has 6 heteroatoms. The second-order valence-electron chi connectivity index (χ2n) is 10.9. The third-order valence-corrected chi connectivity index (χ3v) is 8.25. The van der Waals surface area contributed by atoms with Crippen molar-refractivity contribution in [3.05, 3.63) is 94.5 Å². The zero-order valence-corrected chi connectivity index (χ0v) is 21.4. The molecule has 2 saturated carbocycles. The predicted molar refractivity (Wildman–Crippen MR) is 144 cm³/mol. The van der Waals surface area contributed by atoms with E-state index in [-0.39, 0.29) is 29.2 Å². The number of benzene rings is 3. The summed E-state index contributed by atoms with van der Waals surface area (Å²) in [6.45, 7) is 1.59. The molecule has 1 heterocycles. The maximum Gasteiger partial charge on any atom is 0.335 e. The second-order valence-corrected chi connectivity index (χ2v) is 10.9. The average molecular weight is 509 g/mol. The van der Waals surface area contributed by atoms with Crippen LogP contribution in [-0.4, -0.2) is 34.3 Å². The number of nitrogens with one attached hydrogen (secondary N) is 1. The minimum Gasteiger partial charge on any atom is -0.478 e. The van der Waals surface area contributed by atoms with Crippen LogP contribution in [0.3, 0.4) is 0 Å². The number of carboxylic acid groups (broad SMARTS) is 1. The molecule has 0 bridgehead atoms. The van der Waals surface area contributed by atoms with E-state index in [4.69, 9.17) is 0 Å². The molecule has 3 aliphatic rings. The van der Waals surface area contributed by atoms with E-state index in [1.54, 1.807) is 18.2 Å². The van der Waals surface area contributed by atoms with Gasteiger partial charge in [-0.2, -0.15) is 0 Å². The summed E-state index contributed by atoms with van der Waals surface area (Å²) in [5.41, 5.74) is 6.56. The molecule has 2 N–H and O–H groups in total. The number of carbonyl (C=O) groups is 3. The second kappa shape index (κ2) is 10.1. The van der Waals surface area contributed by atoms with Crippen LogP contribution >= 0.6 is 0 Å². The molecule has 3 aromatic rings. The van der Waals surface area contributed by atoms with E-state index in [1.807, 2.05) is 41.3 Å². The third-order valence-electron chi connectivity index (χ3n) is 8.25. The lowest BCUT2D eigenvalue weighted by atomic mass is 9.87. The first-order chi connectivity index (χ1) is 18.5. The van der Waals surface area contributed by atoms with Crippen LogP contribution in [0, 0.1) is 11.8 Å². The minimum absolute atomic E-state index is 0.00266. The Kier molecular flexibility index (Phi) is 6.48. The van der Waals surface area contributed by atoms with Gasteiger partial charge in [0.2, 0.25) is 11.8 Å². The summed E-state index contributed by atoms with van der Waals surface area (Å²) in [6.07, 6.45) is 4.48. The zero-order chi connectivity index (χ0) is 26.2. The first kappa shape index (κ1) is 24.4. The van der Waals surface area contributed by atoms with Gasteiger partial charge in [0.05, 0.1) is 5.56 Å². The van der Waals surface area contributed by atoms with Gasteiger partial charge in [0.1, 0.15) is 0 Å². The van der Waals surface area contributed by atoms with Gasteiger partial charge in [-0.1, -0.05) is 54.6 Å². The number of hydrogen-bond donors (Lipinski definition) is 2. The zero-order valence-electron chi connectivity index (χ0n) is 21.4. The van der Waals surface area contributed by atoms with Crippen molar-refractivity contribution in [3.63, 3.8) is 0 Å². The highest BCUT2D eigenvalue weighted by Gasteiger charge is 2.43. The number of hydrogen-bond acceptors (Lipinski definition) is 3. The Labute approximate surface area is 222 Å². The number of rotatable bonds is 8. The summed E-state index contributed by atoms with van der Waals surface area (Å²) in [5, 5.41) is 12.7. The van der Waals surface area contributed by atoms with Gasteiger partial charge >= 0.3 is 5.97 Å². The lowest BCUT2D eigenvalue weighted by Crippen LogP contribution is -2.37. The molecule has 6 rings (SSSR count). The Morgan fingerprint density at radius 3 is 2.53 bits per heavy atom. The molecule has 1 aliphatic heterocycles. The highest BCUT2D eigenvalue weighted by Crippen LogP contribution is 2.47. The van der Waals surface area contributed by atoms with Crippen molar-refractivity contribution < 1.29 is 19.5 Å². The lowest BCUT2D eigenvalue weighted by Gasteiger charge is -2.32. The number of amides is 2. The number of fused-ring (bicyclic) bond motifs is 1. The van der Waals surface area contributed by atoms with E-state index in [2.05, 4.69) is 17.4 Å². The molecule has 2 fully saturated rings. The monoisotopic (exact) mass is 508 g/mol. The highest BCUT2D eigenvalue weighted by molar-refractivity contribution is 5.90. The normalized spacial score (nSPS) is 19.9. The van der Waals surface area contributed by atoms with Crippen LogP contribution in [0.1, 0.15) is 64.2 Å². The molecule has 0 spiro atoms. The molecule has 0 aromatic heterocycles. The standard InChI is InChI=1S/C32H32N2O4/c35-30(15-20-9-10-20)34-14-13-26-25(22-7-4-8-23(16-22)32(37)38)12-11-24(29(26)19-34)18-33-31(36)28-17-27(28)21-5-2-1-3-6-21/h1-8,11-12,16,20,27-28H,9-10,13-15,17-19H2,(H,33,36)(H,37,38)/t27-,28+/m0/s1. The summed E-state index contributed by atoms with van der Waals surface area (Å²) < 4.78 is 0. The van der Waals surface area contributed by atoms with E-state index in [1.165, 1.54) is 5.56 Å². The van der Waals surface area contributed by atoms with Crippen LogP contribution in [0.15, 0.2) is 66.7 Å². The lowest BCUT2D eigenvalue weighted by molar-refractivity contribution is -0.132. The Bertz CT molecular complexity index is 1400. The maximum absolute atomic E-state index is 13.0. The summed E-state index contributed by atoms with van der Waals surface area (Å²) >= 11 is 0. The smallest absolute Gasteiger partial charge is 0.335 e. The molecule has 38 heavy (non-hydrogen) atoms. The van der Waals surface area contributed by atoms with Crippen molar-refractivity contribution in [2.45, 2.75) is 51.1 Å². The van der Waals surface area contributed by atoms with Crippen molar-refractivity contribution >= 4 is 17.8 Å². The largest absolute Gasteiger partial charge is 0.478 e. The van der Waals surface area contributed by atoms with Crippen LogP contribution in [0.5, 0.6) is 0 Å². The summed E-state index contributed by atoms with van der Waals surface area (Å²) in [6, 6.07) is 21.3. The predicted octanol–water partition coefficient (Wildman–Crippen LogP) is 5.16. The number of carboxylic acids is 1. The number of aromatic carboxylic acids is 1. The SMILES string of the molecule is O=C(O)c1cccc(-c2ccc(CNC(=O)[C@@H]3C[C@H]3c3ccccc3)c3c2CCN(C(=O)CC2CC2)C3)c1. The van der Waals surface area contributed by atoms with Crippen molar-refractivity contribution in [2.75, 3.05) is 6.54 Å². The molecular formula is C32H32N2O4. The van der Waals surface area contributed by atoms with E-state index in [0.29, 0.717) is 38.4 Å². The molecule has 0 unspecified atom stereocenters. The molecule has 3 aromatic carbocycles. The van der Waals surface area contributed by atoms with Gasteiger partial charge in [-0.15, -0.1) is 0 Å². The average Bonchev–Trinajstić information content (AvgIpc) is 3.87. The fraction of sp³-hybridized carbons (Fsp3) is 0.344. The molecule has 0 saturated heterocycles. The highest BCUT2D eigenvalue weighted by atomic mass is 16.4. The number of carbonyl (C=O) groups excluding carboxylic acids is 2. The minimum atomic E-state index is -0.953. The van der Waals surface area contributed by atoms with Crippen molar-refractivity contribution in [3.8, 4) is 11.1 Å². The topological polar surface area (TPSA) is 86.7 Å². The van der Waals surface area contributed by atoms with Gasteiger partial charge < -0.3 is 15.3 Å². The van der Waals surface area contributed by atoms with Gasteiger partial charge in [-0.05, 0) is 83.0 Å². The molecule has 2 atom stereocenters. The molecule has 6 nitrogen and oxygen atoms in total. The van der Waals surface area contributed by atoms with Crippen molar-refractivity contribution in [1.29, 1.82) is 0 Å². The molecule has 2 amide bonds. The van der Waals surface area contributed by atoms with Crippen LogP contribution in [-0.2, 0) is 29.1 Å². The van der Waals surface area contributed by atoms with Crippen LogP contribution in [0.4, 0.5) is 0 Å². The Hall–Kier alpha value is -3.93. The van der Waals surface area contributed by atoms with E-state index < -0.39 is 5.97 Å². The summed E-state index contributed by atoms with van der Waals surface area (Å²) in [4.78, 5) is 39.5. The first-order valence-corrected chi connectivity index (χ1v) is 13.6. The third kappa shape index (κ3) is 5.08. The van der Waals surface area contributed by atoms with Crippen molar-refractivity contribution in [2.24, 2.45) is 11.8 Å². The van der Waals surface area contributed by atoms with Gasteiger partial charge in [-0.3, -0.25) is 9.59 Å². The quantitative estimate of drug-likeness (QED) is 0.440. The van der Waals surface area contributed by atoms with Gasteiger partial charge in [0.15, 0.2) is 0 Å². The molecular weight excluding hydrogens is 476 g/mol. The Balaban J connectivity index is 1.24. The first-order valence-electron chi connectivity index (χ1n) is 13.6. The van der Waals surface area contributed by atoms with Crippen LogP contribution < -0.4 is 5.32 Å². The molecule has 2 aliphatic carbocycles. The van der Waals surface area contributed by atoms with Gasteiger partial charge in [0.25, 0.3) is 0 Å². The van der Waals surface area contributed by atoms with E-state index in [0.717, 1.165) is 47.1 Å². The van der Waals surface area contributed by atoms with Gasteiger partial charge in [0, 0.05) is 32.0 Å². The number of nitrogens with zero attached hydrogens (tertiary/aromatic N) is 1. The molecule has 0 radical (unpaired) electrons. The molecule has 194 valence electrons. The van der Waals surface area contributed by atoms with Crippen LogP contribution in [0.2, 0.25) is 0 Å². The van der Waals surface area contributed by atoms with Crippen LogP contribution in [0.25, 0.3) is 11.1 Å². The fourth-order valence-electron chi connectivity index (χ4n) is 5.77.